The molecule has 1 rings (SSSR count). The molecule has 0 saturated carbocycles. The van der Waals surface area contributed by atoms with Gasteiger partial charge in [-0.05, 0) is 30.5 Å². The van der Waals surface area contributed by atoms with E-state index in [4.69, 9.17) is 16.3 Å². The average Bonchev–Trinajstić information content (AvgIpc) is 2.47. The first kappa shape index (κ1) is 19.9. The Morgan fingerprint density at radius 1 is 1.39 bits per heavy atom. The molecule has 1 amide bonds. The van der Waals surface area contributed by atoms with Gasteiger partial charge in [0.15, 0.2) is 0 Å². The molecule has 0 heterocycles. The van der Waals surface area contributed by atoms with Gasteiger partial charge in [-0.15, -0.1) is 0 Å². The van der Waals surface area contributed by atoms with Gasteiger partial charge in [-0.1, -0.05) is 23.7 Å². The zero-order valence-corrected chi connectivity index (χ0v) is 15.0. The third-order valence-electron chi connectivity index (χ3n) is 3.18. The summed E-state index contributed by atoms with van der Waals surface area (Å²) in [5, 5.41) is 3.28. The zero-order valence-electron chi connectivity index (χ0n) is 13.4. The predicted molar refractivity (Wildman–Crippen MR) is 91.1 cm³/mol. The number of sulfonamides is 1. The molecule has 0 radical (unpaired) electrons. The minimum atomic E-state index is -3.46. The molecule has 8 heteroatoms. The average molecular weight is 363 g/mol. The van der Waals surface area contributed by atoms with Gasteiger partial charge in [-0.2, -0.15) is 4.31 Å². The monoisotopic (exact) mass is 362 g/mol. The van der Waals surface area contributed by atoms with E-state index in [1.54, 1.807) is 19.2 Å². The third kappa shape index (κ3) is 8.31. The van der Waals surface area contributed by atoms with Gasteiger partial charge in [-0.25, -0.2) is 8.42 Å². The molecule has 130 valence electrons. The summed E-state index contributed by atoms with van der Waals surface area (Å²) in [5.74, 6) is -0.322. The molecule has 1 aromatic rings. The minimum absolute atomic E-state index is 0.188. The molecule has 0 atom stereocenters. The Balaban J connectivity index is 2.55. The Hall–Kier alpha value is -1.15. The summed E-state index contributed by atoms with van der Waals surface area (Å²) in [6.45, 7) is 1.04. The van der Waals surface area contributed by atoms with Crippen molar-refractivity contribution in [3.63, 3.8) is 0 Å². The molecule has 1 aromatic carbocycles. The van der Waals surface area contributed by atoms with Crippen molar-refractivity contribution in [2.24, 2.45) is 0 Å². The normalized spacial score (nSPS) is 11.7. The second-order valence-corrected chi connectivity index (χ2v) is 7.59. The lowest BCUT2D eigenvalue weighted by Gasteiger charge is -2.19. The maximum atomic E-state index is 11.8. The first-order valence-electron chi connectivity index (χ1n) is 7.28. The first-order valence-corrected chi connectivity index (χ1v) is 9.50. The fourth-order valence-electron chi connectivity index (χ4n) is 1.97. The van der Waals surface area contributed by atoms with Crippen molar-refractivity contribution in [1.29, 1.82) is 0 Å². The highest BCUT2D eigenvalue weighted by molar-refractivity contribution is 7.88. The van der Waals surface area contributed by atoms with Crippen LogP contribution in [0.3, 0.4) is 0 Å². The van der Waals surface area contributed by atoms with Crippen molar-refractivity contribution >= 4 is 27.5 Å². The summed E-state index contributed by atoms with van der Waals surface area (Å²) < 4.78 is 29.7. The van der Waals surface area contributed by atoms with E-state index in [-0.39, 0.29) is 19.0 Å². The molecule has 1 N–H and O–H groups in total. The van der Waals surface area contributed by atoms with Gasteiger partial charge in [0, 0.05) is 31.8 Å². The molecule has 0 aliphatic carbocycles. The highest BCUT2D eigenvalue weighted by Crippen LogP contribution is 2.12. The summed E-state index contributed by atoms with van der Waals surface area (Å²) in [4.78, 5) is 11.8. The number of carbonyl (C=O) groups is 1. The number of rotatable bonds is 10. The maximum absolute atomic E-state index is 11.8. The SMILES string of the molecule is COCCCNC(=O)CN(CCc1cccc(Cl)c1)S(C)(=O)=O. The number of hydrogen-bond acceptors (Lipinski definition) is 4. The molecule has 6 nitrogen and oxygen atoms in total. The van der Waals surface area contributed by atoms with Crippen LogP contribution in [-0.2, 0) is 26.0 Å². The summed E-state index contributed by atoms with van der Waals surface area (Å²) in [5.41, 5.74) is 0.923. The molecule has 0 spiro atoms. The van der Waals surface area contributed by atoms with Gasteiger partial charge < -0.3 is 10.1 Å². The lowest BCUT2D eigenvalue weighted by molar-refractivity contribution is -0.121. The lowest BCUT2D eigenvalue weighted by atomic mass is 10.1. The number of benzene rings is 1. The van der Waals surface area contributed by atoms with Gasteiger partial charge in [-0.3, -0.25) is 4.79 Å². The molecule has 23 heavy (non-hydrogen) atoms. The van der Waals surface area contributed by atoms with Crippen molar-refractivity contribution in [1.82, 2.24) is 9.62 Å². The molecule has 0 unspecified atom stereocenters. The molecule has 0 aliphatic heterocycles. The number of methoxy groups -OCH3 is 1. The Labute approximate surface area is 142 Å². The lowest BCUT2D eigenvalue weighted by Crippen LogP contribution is -2.41. The second-order valence-electron chi connectivity index (χ2n) is 5.17. The second kappa shape index (κ2) is 9.87. The molecule has 0 fully saturated rings. The molecule has 0 bridgehead atoms. The number of carbonyl (C=O) groups excluding carboxylic acids is 1. The van der Waals surface area contributed by atoms with Gasteiger partial charge in [0.25, 0.3) is 0 Å². The zero-order chi connectivity index (χ0) is 17.3. The minimum Gasteiger partial charge on any atom is -0.385 e. The van der Waals surface area contributed by atoms with Crippen LogP contribution in [0.1, 0.15) is 12.0 Å². The smallest absolute Gasteiger partial charge is 0.235 e. The van der Waals surface area contributed by atoms with E-state index >= 15 is 0 Å². The Morgan fingerprint density at radius 3 is 2.74 bits per heavy atom. The van der Waals surface area contributed by atoms with Crippen molar-refractivity contribution < 1.29 is 17.9 Å². The van der Waals surface area contributed by atoms with Crippen LogP contribution >= 0.6 is 11.6 Å². The van der Waals surface area contributed by atoms with Crippen molar-refractivity contribution in [3.05, 3.63) is 34.9 Å². The fraction of sp³-hybridized carbons (Fsp3) is 0.533. The van der Waals surface area contributed by atoms with E-state index in [0.717, 1.165) is 11.8 Å². The van der Waals surface area contributed by atoms with E-state index in [2.05, 4.69) is 5.32 Å². The van der Waals surface area contributed by atoms with Crippen LogP contribution in [-0.4, -0.2) is 58.2 Å². The van der Waals surface area contributed by atoms with Gasteiger partial charge in [0.1, 0.15) is 0 Å². The number of halogens is 1. The van der Waals surface area contributed by atoms with Gasteiger partial charge in [0.2, 0.25) is 15.9 Å². The highest BCUT2D eigenvalue weighted by Gasteiger charge is 2.19. The first-order chi connectivity index (χ1) is 10.8. The standard InChI is InChI=1S/C15H23ClN2O4S/c1-22-10-4-8-17-15(19)12-18(23(2,20)21)9-7-13-5-3-6-14(16)11-13/h3,5-6,11H,4,7-10,12H2,1-2H3,(H,17,19). The highest BCUT2D eigenvalue weighted by atomic mass is 35.5. The Bertz CT molecular complexity index is 607. The number of ether oxygens (including phenoxy) is 1. The fourth-order valence-corrected chi connectivity index (χ4v) is 2.96. The van der Waals surface area contributed by atoms with E-state index in [1.807, 2.05) is 12.1 Å². The van der Waals surface area contributed by atoms with Crippen molar-refractivity contribution in [3.8, 4) is 0 Å². The van der Waals surface area contributed by atoms with Crippen LogP contribution in [0.15, 0.2) is 24.3 Å². The van der Waals surface area contributed by atoms with Crippen LogP contribution in [0.4, 0.5) is 0 Å². The maximum Gasteiger partial charge on any atom is 0.235 e. The molecular formula is C15H23ClN2O4S. The van der Waals surface area contributed by atoms with Gasteiger partial charge in [0.05, 0.1) is 12.8 Å². The quantitative estimate of drug-likeness (QED) is 0.636. The molecule has 0 aliphatic rings. The van der Waals surface area contributed by atoms with Crippen LogP contribution < -0.4 is 5.32 Å². The summed E-state index contributed by atoms with van der Waals surface area (Å²) in [7, 11) is -1.87. The van der Waals surface area contributed by atoms with Crippen LogP contribution in [0, 0.1) is 0 Å². The Kier molecular flexibility index (Phi) is 8.54. The van der Waals surface area contributed by atoms with Crippen LogP contribution in [0.2, 0.25) is 5.02 Å². The Morgan fingerprint density at radius 2 is 2.13 bits per heavy atom. The van der Waals surface area contributed by atoms with Gasteiger partial charge >= 0.3 is 0 Å². The molecule has 0 aromatic heterocycles. The third-order valence-corrected chi connectivity index (χ3v) is 4.66. The predicted octanol–water partition coefficient (Wildman–Crippen LogP) is 1.30. The molecular weight excluding hydrogens is 340 g/mol. The van der Waals surface area contributed by atoms with Crippen LogP contribution in [0.25, 0.3) is 0 Å². The van der Waals surface area contributed by atoms with E-state index in [9.17, 15) is 13.2 Å². The largest absolute Gasteiger partial charge is 0.385 e. The number of nitrogens with zero attached hydrogens (tertiary/aromatic N) is 1. The van der Waals surface area contributed by atoms with E-state index < -0.39 is 10.0 Å². The van der Waals surface area contributed by atoms with E-state index in [0.29, 0.717) is 31.0 Å². The summed E-state index contributed by atoms with van der Waals surface area (Å²) in [6.07, 6.45) is 2.28. The summed E-state index contributed by atoms with van der Waals surface area (Å²) >= 11 is 5.91. The van der Waals surface area contributed by atoms with Crippen molar-refractivity contribution in [2.75, 3.05) is 39.6 Å². The topological polar surface area (TPSA) is 75.7 Å². The summed E-state index contributed by atoms with van der Waals surface area (Å²) in [6, 6.07) is 7.22. The van der Waals surface area contributed by atoms with E-state index in [1.165, 1.54) is 4.31 Å². The number of nitrogens with one attached hydrogen (secondary N) is 1. The number of hydrogen-bond donors (Lipinski definition) is 1. The molecule has 0 saturated heterocycles. The number of amides is 1. The van der Waals surface area contributed by atoms with Crippen molar-refractivity contribution in [2.45, 2.75) is 12.8 Å². The van der Waals surface area contributed by atoms with Crippen LogP contribution in [0.5, 0.6) is 0 Å².